The molecule has 0 radical (unpaired) electrons. The number of para-hydroxylation sites is 2. The van der Waals surface area contributed by atoms with Crippen LogP contribution < -0.4 is 0 Å². The van der Waals surface area contributed by atoms with Crippen molar-refractivity contribution in [3.05, 3.63) is 85.1 Å². The zero-order chi connectivity index (χ0) is 26.2. The summed E-state index contributed by atoms with van der Waals surface area (Å²) in [5.74, 6) is 4.67. The number of aliphatic imine (C=N–C) groups is 2. The van der Waals surface area contributed by atoms with Crippen LogP contribution in [0.25, 0.3) is 0 Å². The number of nitrogens with zero attached hydrogens (tertiary/aromatic N) is 2. The summed E-state index contributed by atoms with van der Waals surface area (Å²) in [6.07, 6.45) is 3.51. The monoisotopic (exact) mass is 652 g/mol. The summed E-state index contributed by atoms with van der Waals surface area (Å²) in [5, 5.41) is 19.9. The maximum absolute atomic E-state index is 9.93. The van der Waals surface area contributed by atoms with Gasteiger partial charge in [-0.3, -0.25) is 9.98 Å². The number of aromatic hydroxyl groups is 2. The summed E-state index contributed by atoms with van der Waals surface area (Å²) in [4.78, 5) is 9.07. The largest absolute Gasteiger partial charge is 0.507 e. The molecule has 0 aromatic heterocycles. The van der Waals surface area contributed by atoms with Gasteiger partial charge in [-0.2, -0.15) is 0 Å². The SMILES string of the molecule is Oc1ccccc1C=NCCSC1=C(SCCN=Cc2ccccc2O)SC(=C2SC3=C(SCCS3)S2)S1. The van der Waals surface area contributed by atoms with Crippen LogP contribution >= 0.6 is 94.1 Å². The van der Waals surface area contributed by atoms with Crippen LogP contribution in [0, 0.1) is 0 Å². The van der Waals surface area contributed by atoms with E-state index in [1.165, 1.54) is 36.9 Å². The Morgan fingerprint density at radius 3 is 1.55 bits per heavy atom. The lowest BCUT2D eigenvalue weighted by molar-refractivity contribution is 0.474. The Labute approximate surface area is 257 Å². The standard InChI is InChI=1S/C26H24N2O2S8/c29-19-7-3-1-5-17(19)15-27-9-11-31-21-22(32-12-10-28-16-18-6-2-4-8-20(18)30)36-25(35-21)26-37-23-24(38-26)34-14-13-33-23/h1-8,15-16,29-30H,9-14H2. The maximum atomic E-state index is 9.93. The molecule has 0 unspecified atom stereocenters. The molecular weight excluding hydrogens is 629 g/mol. The van der Waals surface area contributed by atoms with Gasteiger partial charge in [0.15, 0.2) is 0 Å². The normalized spacial score (nSPS) is 18.0. The second kappa shape index (κ2) is 14.9. The Hall–Kier alpha value is -0.600. The van der Waals surface area contributed by atoms with Crippen LogP contribution in [-0.4, -0.2) is 58.7 Å². The molecule has 12 heteroatoms. The molecule has 0 fully saturated rings. The van der Waals surface area contributed by atoms with Gasteiger partial charge < -0.3 is 10.2 Å². The molecule has 3 aliphatic rings. The Morgan fingerprint density at radius 2 is 1.08 bits per heavy atom. The molecule has 3 heterocycles. The molecule has 0 saturated carbocycles. The van der Waals surface area contributed by atoms with Crippen molar-refractivity contribution < 1.29 is 10.2 Å². The lowest BCUT2D eigenvalue weighted by Crippen LogP contribution is -1.90. The van der Waals surface area contributed by atoms with Crippen molar-refractivity contribution in [1.82, 2.24) is 0 Å². The van der Waals surface area contributed by atoms with Gasteiger partial charge >= 0.3 is 0 Å². The van der Waals surface area contributed by atoms with Crippen molar-refractivity contribution in [1.29, 1.82) is 0 Å². The number of phenols is 2. The van der Waals surface area contributed by atoms with Gasteiger partial charge in [-0.15, -0.1) is 47.0 Å². The zero-order valence-electron chi connectivity index (χ0n) is 20.1. The summed E-state index contributed by atoms with van der Waals surface area (Å²) in [6.45, 7) is 1.38. The van der Waals surface area contributed by atoms with Crippen LogP contribution in [0.3, 0.4) is 0 Å². The molecule has 0 atom stereocenters. The zero-order valence-corrected chi connectivity index (χ0v) is 26.6. The first kappa shape index (κ1) is 28.9. The fraction of sp³-hybridized carbons (Fsp3) is 0.231. The van der Waals surface area contributed by atoms with Gasteiger partial charge in [0, 0.05) is 59.7 Å². The topological polar surface area (TPSA) is 65.2 Å². The molecule has 0 amide bonds. The van der Waals surface area contributed by atoms with Gasteiger partial charge in [-0.1, -0.05) is 71.3 Å². The second-order valence-electron chi connectivity index (χ2n) is 7.72. The van der Waals surface area contributed by atoms with Crippen LogP contribution in [0.4, 0.5) is 0 Å². The molecule has 2 aromatic rings. The average Bonchev–Trinajstić information content (AvgIpc) is 3.54. The first-order chi connectivity index (χ1) is 18.7. The molecule has 0 saturated heterocycles. The summed E-state index contributed by atoms with van der Waals surface area (Å²) in [7, 11) is 0. The average molecular weight is 653 g/mol. The molecule has 3 aliphatic heterocycles. The quantitative estimate of drug-likeness (QED) is 0.192. The molecule has 0 bridgehead atoms. The van der Waals surface area contributed by atoms with Crippen molar-refractivity contribution in [2.75, 3.05) is 36.1 Å². The third-order valence-corrected chi connectivity index (χ3v) is 16.8. The van der Waals surface area contributed by atoms with E-state index in [9.17, 15) is 10.2 Å². The van der Waals surface area contributed by atoms with Crippen LogP contribution in [0.2, 0.25) is 0 Å². The summed E-state index contributed by atoms with van der Waals surface area (Å²) in [6, 6.07) is 14.5. The predicted molar refractivity (Wildman–Crippen MR) is 182 cm³/mol. The highest BCUT2D eigenvalue weighted by atomic mass is 32.3. The van der Waals surface area contributed by atoms with Crippen molar-refractivity contribution in [3.63, 3.8) is 0 Å². The highest BCUT2D eigenvalue weighted by Gasteiger charge is 2.31. The Balaban J connectivity index is 1.19. The second-order valence-corrected chi connectivity index (χ2v) is 17.8. The van der Waals surface area contributed by atoms with Crippen molar-refractivity contribution in [3.8, 4) is 11.5 Å². The van der Waals surface area contributed by atoms with Gasteiger partial charge in [0.2, 0.25) is 0 Å². The van der Waals surface area contributed by atoms with E-state index in [0.717, 1.165) is 22.6 Å². The minimum Gasteiger partial charge on any atom is -0.507 e. The minimum absolute atomic E-state index is 0.258. The number of hydrogen-bond acceptors (Lipinski definition) is 12. The smallest absolute Gasteiger partial charge is 0.124 e. The first-order valence-corrected chi connectivity index (χ1v) is 18.9. The molecule has 5 rings (SSSR count). The van der Waals surface area contributed by atoms with E-state index < -0.39 is 0 Å². The lowest BCUT2D eigenvalue weighted by atomic mass is 10.2. The van der Waals surface area contributed by atoms with E-state index in [2.05, 4.69) is 9.98 Å². The molecule has 4 nitrogen and oxygen atoms in total. The summed E-state index contributed by atoms with van der Waals surface area (Å²) < 4.78 is 8.43. The Morgan fingerprint density at radius 1 is 0.632 bits per heavy atom. The summed E-state index contributed by atoms with van der Waals surface area (Å²) >= 11 is 15.4. The molecular formula is C26H24N2O2S8. The number of benzene rings is 2. The van der Waals surface area contributed by atoms with Gasteiger partial charge in [0.05, 0.1) is 25.4 Å². The summed E-state index contributed by atoms with van der Waals surface area (Å²) in [5.41, 5.74) is 1.50. The van der Waals surface area contributed by atoms with Crippen LogP contribution in [0.15, 0.2) is 83.9 Å². The number of hydrogen-bond donors (Lipinski definition) is 2. The van der Waals surface area contributed by atoms with E-state index >= 15 is 0 Å². The van der Waals surface area contributed by atoms with Gasteiger partial charge in [-0.25, -0.2) is 0 Å². The molecule has 2 aromatic carbocycles. The number of thioether (sulfide) groups is 8. The first-order valence-electron chi connectivity index (χ1n) is 11.7. The van der Waals surface area contributed by atoms with E-state index in [4.69, 9.17) is 0 Å². The Bertz CT molecular complexity index is 1230. The predicted octanol–water partition coefficient (Wildman–Crippen LogP) is 8.92. The van der Waals surface area contributed by atoms with Gasteiger partial charge in [0.25, 0.3) is 0 Å². The fourth-order valence-electron chi connectivity index (χ4n) is 3.24. The third-order valence-electron chi connectivity index (χ3n) is 5.03. The van der Waals surface area contributed by atoms with Crippen molar-refractivity contribution in [2.24, 2.45) is 9.98 Å². The van der Waals surface area contributed by atoms with Crippen LogP contribution in [-0.2, 0) is 0 Å². The van der Waals surface area contributed by atoms with Gasteiger partial charge in [0.1, 0.15) is 11.5 Å². The minimum atomic E-state index is 0.258. The fourth-order valence-corrected chi connectivity index (χ4v) is 15.2. The van der Waals surface area contributed by atoms with Gasteiger partial charge in [-0.05, 0) is 24.3 Å². The highest BCUT2D eigenvalue weighted by Crippen LogP contribution is 2.66. The van der Waals surface area contributed by atoms with E-state index in [1.807, 2.05) is 130 Å². The third kappa shape index (κ3) is 7.99. The molecule has 0 aliphatic carbocycles. The number of phenolic OH excluding ortho intramolecular Hbond substituents is 2. The van der Waals surface area contributed by atoms with E-state index in [0.29, 0.717) is 13.1 Å². The molecule has 198 valence electrons. The van der Waals surface area contributed by atoms with Crippen molar-refractivity contribution >= 4 is 107 Å². The Kier molecular flexibility index (Phi) is 11.3. The van der Waals surface area contributed by atoms with E-state index in [1.54, 1.807) is 24.6 Å². The lowest BCUT2D eigenvalue weighted by Gasteiger charge is -2.08. The molecule has 38 heavy (non-hydrogen) atoms. The van der Waals surface area contributed by atoms with E-state index in [-0.39, 0.29) is 11.5 Å². The molecule has 2 N–H and O–H groups in total. The molecule has 0 spiro atoms. The highest BCUT2D eigenvalue weighted by molar-refractivity contribution is 8.45. The number of rotatable bonds is 10. The maximum Gasteiger partial charge on any atom is 0.124 e. The van der Waals surface area contributed by atoms with Crippen LogP contribution in [0.5, 0.6) is 11.5 Å². The van der Waals surface area contributed by atoms with Crippen molar-refractivity contribution in [2.45, 2.75) is 0 Å². The van der Waals surface area contributed by atoms with Crippen LogP contribution in [0.1, 0.15) is 11.1 Å².